The largest absolute Gasteiger partial charge is 0.457 e. The summed E-state index contributed by atoms with van der Waals surface area (Å²) in [6.45, 7) is 5.08. The molecule has 21 heavy (non-hydrogen) atoms. The summed E-state index contributed by atoms with van der Waals surface area (Å²) in [5, 5.41) is 3.49. The van der Waals surface area contributed by atoms with Gasteiger partial charge < -0.3 is 10.1 Å². The molecule has 0 fully saturated rings. The van der Waals surface area contributed by atoms with Crippen LogP contribution in [0, 0.1) is 5.82 Å². The van der Waals surface area contributed by atoms with Crippen molar-refractivity contribution in [2.24, 2.45) is 0 Å². The summed E-state index contributed by atoms with van der Waals surface area (Å²) < 4.78 is 19.1. The maximum absolute atomic E-state index is 13.2. The summed E-state index contributed by atoms with van der Waals surface area (Å²) in [7, 11) is 0. The molecule has 2 nitrogen and oxygen atoms in total. The fraction of sp³-hybridized carbons (Fsp3) is 0.294. The van der Waals surface area contributed by atoms with Crippen molar-refractivity contribution in [3.63, 3.8) is 0 Å². The molecule has 1 atom stereocenters. The number of nitrogens with one attached hydrogen (secondary N) is 1. The summed E-state index contributed by atoms with van der Waals surface area (Å²) in [5.41, 5.74) is 1.09. The van der Waals surface area contributed by atoms with Crippen molar-refractivity contribution in [1.29, 1.82) is 0 Å². The Bertz CT molecular complexity index is 603. The lowest BCUT2D eigenvalue weighted by atomic mass is 10.0. The average molecular weight is 308 g/mol. The van der Waals surface area contributed by atoms with Crippen LogP contribution >= 0.6 is 11.6 Å². The molecule has 112 valence electrons. The summed E-state index contributed by atoms with van der Waals surface area (Å²) >= 11 is 5.79. The van der Waals surface area contributed by atoms with Gasteiger partial charge in [0, 0.05) is 17.7 Å². The van der Waals surface area contributed by atoms with E-state index in [1.807, 2.05) is 24.3 Å². The highest BCUT2D eigenvalue weighted by molar-refractivity contribution is 6.30. The third-order valence-corrected chi connectivity index (χ3v) is 3.56. The van der Waals surface area contributed by atoms with Gasteiger partial charge in [-0.2, -0.15) is 0 Å². The minimum absolute atomic E-state index is 0.0590. The van der Waals surface area contributed by atoms with Crippen LogP contribution in [0.25, 0.3) is 0 Å². The predicted octanol–water partition coefficient (Wildman–Crippen LogP) is 5.33. The van der Waals surface area contributed by atoms with E-state index in [1.54, 1.807) is 6.07 Å². The van der Waals surface area contributed by atoms with E-state index in [1.165, 1.54) is 12.1 Å². The van der Waals surface area contributed by atoms with Crippen molar-refractivity contribution in [3.8, 4) is 11.5 Å². The van der Waals surface area contributed by atoms with E-state index in [4.69, 9.17) is 16.3 Å². The first-order chi connectivity index (χ1) is 10.2. The average Bonchev–Trinajstić information content (AvgIpc) is 2.49. The van der Waals surface area contributed by atoms with E-state index in [2.05, 4.69) is 19.2 Å². The van der Waals surface area contributed by atoms with Gasteiger partial charge in [0.25, 0.3) is 0 Å². The van der Waals surface area contributed by atoms with E-state index in [0.29, 0.717) is 5.75 Å². The minimum Gasteiger partial charge on any atom is -0.457 e. The lowest BCUT2D eigenvalue weighted by Gasteiger charge is -2.20. The third-order valence-electron chi connectivity index (χ3n) is 3.27. The molecule has 0 amide bonds. The summed E-state index contributed by atoms with van der Waals surface area (Å²) in [4.78, 5) is 0. The maximum Gasteiger partial charge on any atom is 0.142 e. The normalized spacial score (nSPS) is 12.2. The van der Waals surface area contributed by atoms with Crippen LogP contribution in [0.3, 0.4) is 0 Å². The van der Waals surface area contributed by atoms with Crippen molar-refractivity contribution in [1.82, 2.24) is 5.32 Å². The first kappa shape index (κ1) is 15.8. The van der Waals surface area contributed by atoms with Gasteiger partial charge in [0.2, 0.25) is 0 Å². The van der Waals surface area contributed by atoms with Crippen LogP contribution in [0.5, 0.6) is 11.5 Å². The number of hydrogen-bond acceptors (Lipinski definition) is 2. The molecule has 0 saturated heterocycles. The van der Waals surface area contributed by atoms with Gasteiger partial charge in [-0.1, -0.05) is 43.6 Å². The molecule has 0 heterocycles. The van der Waals surface area contributed by atoms with Crippen LogP contribution in [0.15, 0.2) is 42.5 Å². The van der Waals surface area contributed by atoms with Gasteiger partial charge in [0.15, 0.2) is 0 Å². The van der Waals surface area contributed by atoms with E-state index in [9.17, 15) is 4.39 Å². The minimum atomic E-state index is -0.448. The molecular formula is C17H19ClFNO. The monoisotopic (exact) mass is 307 g/mol. The van der Waals surface area contributed by atoms with E-state index < -0.39 is 5.82 Å². The van der Waals surface area contributed by atoms with Crippen molar-refractivity contribution in [2.45, 2.75) is 26.3 Å². The SMILES string of the molecule is CCNC(CC)c1ccccc1Oc1ccc(F)c(Cl)c1. The van der Waals surface area contributed by atoms with Crippen molar-refractivity contribution in [3.05, 3.63) is 58.9 Å². The van der Waals surface area contributed by atoms with Crippen LogP contribution in [-0.2, 0) is 0 Å². The summed E-state index contributed by atoms with van der Waals surface area (Å²) in [6, 6.07) is 12.4. The number of para-hydroxylation sites is 1. The molecule has 2 rings (SSSR count). The second kappa shape index (κ2) is 7.43. The zero-order valence-electron chi connectivity index (χ0n) is 12.2. The standard InChI is InChI=1S/C17H19ClFNO/c1-3-16(20-4-2)13-7-5-6-8-17(13)21-12-9-10-15(19)14(18)11-12/h5-11,16,20H,3-4H2,1-2H3. The molecule has 0 aliphatic heterocycles. The molecule has 0 aliphatic carbocycles. The molecule has 1 N–H and O–H groups in total. The number of ether oxygens (including phenoxy) is 1. The van der Waals surface area contributed by atoms with Crippen LogP contribution in [0.2, 0.25) is 5.02 Å². The Labute approximate surface area is 129 Å². The van der Waals surface area contributed by atoms with Crippen LogP contribution < -0.4 is 10.1 Å². The van der Waals surface area contributed by atoms with E-state index in [0.717, 1.165) is 24.3 Å². The summed E-state index contributed by atoms with van der Waals surface area (Å²) in [5.74, 6) is 0.838. The smallest absolute Gasteiger partial charge is 0.142 e. The molecule has 0 saturated carbocycles. The molecule has 0 radical (unpaired) electrons. The molecule has 2 aromatic rings. The van der Waals surface area contributed by atoms with Crippen molar-refractivity contribution >= 4 is 11.6 Å². The predicted molar refractivity (Wildman–Crippen MR) is 84.6 cm³/mol. The Hall–Kier alpha value is -1.58. The van der Waals surface area contributed by atoms with Crippen molar-refractivity contribution in [2.75, 3.05) is 6.54 Å². The Balaban J connectivity index is 2.29. The highest BCUT2D eigenvalue weighted by Gasteiger charge is 2.14. The number of halogens is 2. The molecule has 4 heteroatoms. The second-order valence-corrected chi connectivity index (χ2v) is 5.14. The molecule has 0 aliphatic rings. The highest BCUT2D eigenvalue weighted by Crippen LogP contribution is 2.32. The van der Waals surface area contributed by atoms with E-state index >= 15 is 0 Å². The zero-order chi connectivity index (χ0) is 15.2. The van der Waals surface area contributed by atoms with E-state index in [-0.39, 0.29) is 11.1 Å². The third kappa shape index (κ3) is 3.96. The first-order valence-electron chi connectivity index (χ1n) is 7.10. The topological polar surface area (TPSA) is 21.3 Å². The molecule has 2 aromatic carbocycles. The summed E-state index contributed by atoms with van der Waals surface area (Å²) in [6.07, 6.45) is 0.957. The molecule has 1 unspecified atom stereocenters. The lowest BCUT2D eigenvalue weighted by Crippen LogP contribution is -2.20. The number of hydrogen-bond donors (Lipinski definition) is 1. The number of benzene rings is 2. The lowest BCUT2D eigenvalue weighted by molar-refractivity contribution is 0.451. The Morgan fingerprint density at radius 1 is 1.19 bits per heavy atom. The Morgan fingerprint density at radius 2 is 1.95 bits per heavy atom. The van der Waals surface area contributed by atoms with Gasteiger partial charge in [0.05, 0.1) is 5.02 Å². The Kier molecular flexibility index (Phi) is 5.59. The Morgan fingerprint density at radius 3 is 2.62 bits per heavy atom. The van der Waals surface area contributed by atoms with Crippen LogP contribution in [-0.4, -0.2) is 6.54 Å². The fourth-order valence-corrected chi connectivity index (χ4v) is 2.42. The highest BCUT2D eigenvalue weighted by atomic mass is 35.5. The first-order valence-corrected chi connectivity index (χ1v) is 7.48. The quantitative estimate of drug-likeness (QED) is 0.778. The molecule has 0 spiro atoms. The molecule has 0 bridgehead atoms. The fourth-order valence-electron chi connectivity index (χ4n) is 2.25. The maximum atomic E-state index is 13.2. The van der Waals surface area contributed by atoms with Gasteiger partial charge in [0.1, 0.15) is 17.3 Å². The molecule has 0 aromatic heterocycles. The van der Waals surface area contributed by atoms with Crippen molar-refractivity contribution < 1.29 is 9.13 Å². The molecular weight excluding hydrogens is 289 g/mol. The van der Waals surface area contributed by atoms with Crippen LogP contribution in [0.4, 0.5) is 4.39 Å². The second-order valence-electron chi connectivity index (χ2n) is 4.73. The zero-order valence-corrected chi connectivity index (χ0v) is 13.0. The number of rotatable bonds is 6. The van der Waals surface area contributed by atoms with Crippen LogP contribution in [0.1, 0.15) is 31.9 Å². The van der Waals surface area contributed by atoms with Gasteiger partial charge >= 0.3 is 0 Å². The van der Waals surface area contributed by atoms with Gasteiger partial charge in [-0.25, -0.2) is 4.39 Å². The van der Waals surface area contributed by atoms with Gasteiger partial charge in [-0.3, -0.25) is 0 Å². The van der Waals surface area contributed by atoms with Gasteiger partial charge in [-0.15, -0.1) is 0 Å². The van der Waals surface area contributed by atoms with Gasteiger partial charge in [-0.05, 0) is 31.2 Å².